The van der Waals surface area contributed by atoms with Gasteiger partial charge >= 0.3 is 0 Å². The molecule has 90 valence electrons. The lowest BCUT2D eigenvalue weighted by molar-refractivity contribution is 0.135. The van der Waals surface area contributed by atoms with E-state index in [2.05, 4.69) is 32.0 Å². The molecular weight excluding hydrogens is 200 g/mol. The third-order valence-electron chi connectivity index (χ3n) is 2.85. The van der Waals surface area contributed by atoms with Crippen LogP contribution in [0.2, 0.25) is 0 Å². The molecule has 0 radical (unpaired) electrons. The van der Waals surface area contributed by atoms with E-state index in [4.69, 9.17) is 4.74 Å². The van der Waals surface area contributed by atoms with Crippen LogP contribution in [0.3, 0.4) is 0 Å². The summed E-state index contributed by atoms with van der Waals surface area (Å²) in [5, 5.41) is 9.89. The van der Waals surface area contributed by atoms with Crippen LogP contribution in [0.25, 0.3) is 0 Å². The van der Waals surface area contributed by atoms with Crippen LogP contribution in [0.5, 0.6) is 0 Å². The first-order valence-corrected chi connectivity index (χ1v) is 5.86. The monoisotopic (exact) mass is 222 g/mol. The molecular formula is C14H22O2. The van der Waals surface area contributed by atoms with Gasteiger partial charge in [-0.1, -0.05) is 23.8 Å². The first kappa shape index (κ1) is 13.2. The zero-order chi connectivity index (χ0) is 12.0. The lowest BCUT2D eigenvalue weighted by Crippen LogP contribution is -2.12. The molecule has 0 heterocycles. The molecule has 0 bridgehead atoms. The van der Waals surface area contributed by atoms with Crippen LogP contribution >= 0.6 is 0 Å². The average Bonchev–Trinajstić information content (AvgIpc) is 2.24. The Balaban J connectivity index is 2.48. The lowest BCUT2D eigenvalue weighted by Gasteiger charge is -2.13. The molecule has 1 aromatic carbocycles. The summed E-state index contributed by atoms with van der Waals surface area (Å²) < 4.78 is 4.97. The predicted molar refractivity (Wildman–Crippen MR) is 66.7 cm³/mol. The van der Waals surface area contributed by atoms with E-state index in [1.807, 2.05) is 0 Å². The van der Waals surface area contributed by atoms with E-state index in [0.29, 0.717) is 0 Å². The Labute approximate surface area is 98.3 Å². The van der Waals surface area contributed by atoms with Gasteiger partial charge in [-0.25, -0.2) is 0 Å². The van der Waals surface area contributed by atoms with Crippen molar-refractivity contribution in [3.63, 3.8) is 0 Å². The molecule has 1 atom stereocenters. The minimum Gasteiger partial charge on any atom is -0.393 e. The maximum atomic E-state index is 9.89. The summed E-state index contributed by atoms with van der Waals surface area (Å²) >= 11 is 0. The van der Waals surface area contributed by atoms with Crippen LogP contribution in [0, 0.1) is 13.8 Å². The lowest BCUT2D eigenvalue weighted by atomic mass is 9.98. The van der Waals surface area contributed by atoms with Gasteiger partial charge in [-0.2, -0.15) is 0 Å². The van der Waals surface area contributed by atoms with Gasteiger partial charge in [0, 0.05) is 13.7 Å². The Morgan fingerprint density at radius 1 is 1.31 bits per heavy atom. The van der Waals surface area contributed by atoms with Crippen LogP contribution < -0.4 is 0 Å². The number of hydrogen-bond acceptors (Lipinski definition) is 2. The second-order valence-electron chi connectivity index (χ2n) is 4.42. The molecule has 0 saturated carbocycles. The van der Waals surface area contributed by atoms with E-state index in [-0.39, 0.29) is 6.10 Å². The van der Waals surface area contributed by atoms with E-state index in [9.17, 15) is 5.11 Å². The molecule has 2 heteroatoms. The van der Waals surface area contributed by atoms with Crippen molar-refractivity contribution in [2.45, 2.75) is 39.2 Å². The first-order valence-electron chi connectivity index (χ1n) is 5.86. The van der Waals surface area contributed by atoms with Gasteiger partial charge in [0.25, 0.3) is 0 Å². The second kappa shape index (κ2) is 6.66. The smallest absolute Gasteiger partial charge is 0.0581 e. The Morgan fingerprint density at radius 2 is 2.06 bits per heavy atom. The van der Waals surface area contributed by atoms with Gasteiger partial charge in [0.1, 0.15) is 0 Å². The number of hydrogen-bond donors (Lipinski definition) is 1. The van der Waals surface area contributed by atoms with Crippen molar-refractivity contribution in [2.75, 3.05) is 13.7 Å². The molecule has 0 spiro atoms. The molecule has 1 aromatic rings. The fourth-order valence-electron chi connectivity index (χ4n) is 1.84. The zero-order valence-electron chi connectivity index (χ0n) is 10.5. The average molecular weight is 222 g/mol. The minimum atomic E-state index is -0.254. The highest BCUT2D eigenvalue weighted by molar-refractivity contribution is 5.30. The van der Waals surface area contributed by atoms with Gasteiger partial charge < -0.3 is 9.84 Å². The predicted octanol–water partition coefficient (Wildman–Crippen LogP) is 2.63. The summed E-state index contributed by atoms with van der Waals surface area (Å²) in [6.45, 7) is 4.90. The van der Waals surface area contributed by atoms with Crippen LogP contribution in [0.4, 0.5) is 0 Å². The number of ether oxygens (including phenoxy) is 1. The number of aliphatic hydroxyl groups excluding tert-OH is 1. The van der Waals surface area contributed by atoms with Crippen molar-refractivity contribution in [3.05, 3.63) is 34.9 Å². The molecule has 1 unspecified atom stereocenters. The van der Waals surface area contributed by atoms with Crippen LogP contribution in [0.15, 0.2) is 18.2 Å². The molecule has 16 heavy (non-hydrogen) atoms. The molecule has 1 N–H and O–H groups in total. The molecule has 0 fully saturated rings. The van der Waals surface area contributed by atoms with Crippen molar-refractivity contribution < 1.29 is 9.84 Å². The summed E-state index contributed by atoms with van der Waals surface area (Å²) in [6.07, 6.45) is 2.22. The largest absolute Gasteiger partial charge is 0.393 e. The second-order valence-corrected chi connectivity index (χ2v) is 4.42. The van der Waals surface area contributed by atoms with E-state index in [1.165, 1.54) is 16.7 Å². The molecule has 0 aliphatic heterocycles. The number of methoxy groups -OCH3 is 1. The van der Waals surface area contributed by atoms with E-state index in [0.717, 1.165) is 25.9 Å². The third-order valence-corrected chi connectivity index (χ3v) is 2.85. The quantitative estimate of drug-likeness (QED) is 0.750. The SMILES string of the molecule is COCCCC(O)Cc1cc(C)ccc1C. The standard InChI is InChI=1S/C14H22O2/c1-11-6-7-12(2)13(9-11)10-14(15)5-4-8-16-3/h6-7,9,14-15H,4-5,8,10H2,1-3H3. The highest BCUT2D eigenvalue weighted by Crippen LogP contribution is 2.14. The van der Waals surface area contributed by atoms with Gasteiger partial charge in [0.15, 0.2) is 0 Å². The van der Waals surface area contributed by atoms with Gasteiger partial charge in [-0.05, 0) is 44.2 Å². The summed E-state index contributed by atoms with van der Waals surface area (Å²) in [5.74, 6) is 0. The van der Waals surface area contributed by atoms with Crippen molar-refractivity contribution in [1.29, 1.82) is 0 Å². The molecule has 0 aromatic heterocycles. The fourth-order valence-corrected chi connectivity index (χ4v) is 1.84. The Hall–Kier alpha value is -0.860. The van der Waals surface area contributed by atoms with Crippen molar-refractivity contribution >= 4 is 0 Å². The molecule has 1 rings (SSSR count). The molecule has 0 amide bonds. The molecule has 0 aliphatic carbocycles. The summed E-state index contributed by atoms with van der Waals surface area (Å²) in [7, 11) is 1.69. The zero-order valence-corrected chi connectivity index (χ0v) is 10.5. The van der Waals surface area contributed by atoms with E-state index < -0.39 is 0 Å². The highest BCUT2D eigenvalue weighted by atomic mass is 16.5. The molecule has 2 nitrogen and oxygen atoms in total. The van der Waals surface area contributed by atoms with Crippen LogP contribution in [-0.2, 0) is 11.2 Å². The number of aliphatic hydroxyl groups is 1. The van der Waals surface area contributed by atoms with Crippen LogP contribution in [0.1, 0.15) is 29.5 Å². The fraction of sp³-hybridized carbons (Fsp3) is 0.571. The number of aryl methyl sites for hydroxylation is 2. The van der Waals surface area contributed by atoms with Gasteiger partial charge in [0.2, 0.25) is 0 Å². The van der Waals surface area contributed by atoms with Gasteiger partial charge in [-0.15, -0.1) is 0 Å². The number of rotatable bonds is 6. The number of benzene rings is 1. The highest BCUT2D eigenvalue weighted by Gasteiger charge is 2.07. The minimum absolute atomic E-state index is 0.254. The molecule has 0 aliphatic rings. The Morgan fingerprint density at radius 3 is 2.75 bits per heavy atom. The molecule has 0 saturated heterocycles. The van der Waals surface area contributed by atoms with Crippen molar-refractivity contribution in [1.82, 2.24) is 0 Å². The normalized spacial score (nSPS) is 12.8. The van der Waals surface area contributed by atoms with Gasteiger partial charge in [-0.3, -0.25) is 0 Å². The topological polar surface area (TPSA) is 29.5 Å². The summed E-state index contributed by atoms with van der Waals surface area (Å²) in [5.41, 5.74) is 3.77. The maximum absolute atomic E-state index is 9.89. The Kier molecular flexibility index (Phi) is 5.50. The van der Waals surface area contributed by atoms with Gasteiger partial charge in [0.05, 0.1) is 6.10 Å². The van der Waals surface area contributed by atoms with Crippen LogP contribution in [-0.4, -0.2) is 24.9 Å². The summed E-state index contributed by atoms with van der Waals surface area (Å²) in [6, 6.07) is 6.39. The first-order chi connectivity index (χ1) is 7.63. The van der Waals surface area contributed by atoms with E-state index in [1.54, 1.807) is 7.11 Å². The maximum Gasteiger partial charge on any atom is 0.0581 e. The van der Waals surface area contributed by atoms with Crippen molar-refractivity contribution in [2.24, 2.45) is 0 Å². The summed E-state index contributed by atoms with van der Waals surface area (Å²) in [4.78, 5) is 0. The third kappa shape index (κ3) is 4.33. The van der Waals surface area contributed by atoms with Crippen molar-refractivity contribution in [3.8, 4) is 0 Å². The Bertz CT molecular complexity index is 321. The van der Waals surface area contributed by atoms with E-state index >= 15 is 0 Å².